The van der Waals surface area contributed by atoms with Crippen LogP contribution in [0.1, 0.15) is 17.2 Å². The average Bonchev–Trinajstić information content (AvgIpc) is 3.01. The molecule has 0 N–H and O–H groups in total. The Morgan fingerprint density at radius 1 is 1.17 bits per heavy atom. The summed E-state index contributed by atoms with van der Waals surface area (Å²) in [6.07, 6.45) is 1.56. The molecular formula is C16H11N5O2. The molecule has 0 spiro atoms. The van der Waals surface area contributed by atoms with Crippen LogP contribution >= 0.6 is 0 Å². The van der Waals surface area contributed by atoms with Crippen molar-refractivity contribution >= 4 is 18.0 Å². The molecule has 3 aliphatic heterocycles. The molecule has 2 amide bonds. The monoisotopic (exact) mass is 305 g/mol. The molecule has 3 heterocycles. The molecule has 2 saturated heterocycles. The van der Waals surface area contributed by atoms with E-state index in [1.807, 2.05) is 36.4 Å². The molecule has 0 saturated carbocycles. The van der Waals surface area contributed by atoms with Gasteiger partial charge in [0.15, 0.2) is 0 Å². The number of carbonyl (C=O) groups is 2. The Balaban J connectivity index is 2.00. The number of benzene rings is 1. The molecule has 0 bridgehead atoms. The van der Waals surface area contributed by atoms with Crippen LogP contribution in [0, 0.1) is 34.5 Å². The summed E-state index contributed by atoms with van der Waals surface area (Å²) in [5.41, 5.74) is -0.132. The number of amides is 2. The molecule has 7 nitrogen and oxygen atoms in total. The SMILES string of the molecule is CN1C(=O)[C@H]2[C@@H](C1=O)C(C#N)(C#N)N1N=Cc3ccccc3[C@@H]21. The molecule has 3 aliphatic rings. The molecule has 0 aliphatic carbocycles. The highest BCUT2D eigenvalue weighted by Gasteiger charge is 2.71. The molecule has 112 valence electrons. The normalized spacial score (nSPS) is 29.6. The van der Waals surface area contributed by atoms with Crippen LogP contribution in [0.2, 0.25) is 0 Å². The number of imide groups is 1. The van der Waals surface area contributed by atoms with E-state index in [0.29, 0.717) is 0 Å². The third-order valence-electron chi connectivity index (χ3n) is 4.96. The van der Waals surface area contributed by atoms with Crippen molar-refractivity contribution in [1.29, 1.82) is 10.5 Å². The van der Waals surface area contributed by atoms with E-state index >= 15 is 0 Å². The summed E-state index contributed by atoms with van der Waals surface area (Å²) in [7, 11) is 1.39. The van der Waals surface area contributed by atoms with E-state index < -0.39 is 29.3 Å². The van der Waals surface area contributed by atoms with Crippen LogP contribution in [-0.4, -0.2) is 40.5 Å². The van der Waals surface area contributed by atoms with Crippen LogP contribution in [0.25, 0.3) is 0 Å². The van der Waals surface area contributed by atoms with Crippen LogP contribution < -0.4 is 0 Å². The smallest absolute Gasteiger partial charge is 0.242 e. The van der Waals surface area contributed by atoms with Crippen molar-refractivity contribution in [2.24, 2.45) is 16.9 Å². The van der Waals surface area contributed by atoms with E-state index in [1.165, 1.54) is 12.1 Å². The van der Waals surface area contributed by atoms with E-state index in [0.717, 1.165) is 16.0 Å². The zero-order valence-electron chi connectivity index (χ0n) is 12.2. The highest BCUT2D eigenvalue weighted by molar-refractivity contribution is 6.07. The van der Waals surface area contributed by atoms with Crippen molar-refractivity contribution < 1.29 is 9.59 Å². The zero-order chi connectivity index (χ0) is 16.4. The molecule has 23 heavy (non-hydrogen) atoms. The predicted molar refractivity (Wildman–Crippen MR) is 77.3 cm³/mol. The summed E-state index contributed by atoms with van der Waals surface area (Å²) >= 11 is 0. The molecular weight excluding hydrogens is 294 g/mol. The van der Waals surface area contributed by atoms with Crippen LogP contribution in [0.3, 0.4) is 0 Å². The van der Waals surface area contributed by atoms with Crippen LogP contribution in [0.5, 0.6) is 0 Å². The van der Waals surface area contributed by atoms with Crippen LogP contribution in [0.15, 0.2) is 29.4 Å². The number of rotatable bonds is 0. The Morgan fingerprint density at radius 2 is 1.87 bits per heavy atom. The fourth-order valence-electron chi connectivity index (χ4n) is 3.88. The van der Waals surface area contributed by atoms with Gasteiger partial charge in [-0.2, -0.15) is 15.6 Å². The maximum absolute atomic E-state index is 12.6. The van der Waals surface area contributed by atoms with Crippen LogP contribution in [-0.2, 0) is 9.59 Å². The Bertz CT molecular complexity index is 848. The second-order valence-electron chi connectivity index (χ2n) is 5.89. The van der Waals surface area contributed by atoms with Gasteiger partial charge in [-0.25, -0.2) is 0 Å². The summed E-state index contributed by atoms with van der Waals surface area (Å²) in [5.74, 6) is -2.66. The third-order valence-corrected chi connectivity index (χ3v) is 4.96. The van der Waals surface area contributed by atoms with Crippen LogP contribution in [0.4, 0.5) is 0 Å². The number of carbonyl (C=O) groups excluding carboxylic acids is 2. The number of hydrogen-bond donors (Lipinski definition) is 0. The summed E-state index contributed by atoms with van der Waals surface area (Å²) in [4.78, 5) is 26.1. The molecule has 0 unspecified atom stereocenters. The molecule has 4 rings (SSSR count). The summed E-state index contributed by atoms with van der Waals surface area (Å²) in [6, 6.07) is 10.7. The van der Waals surface area contributed by atoms with Gasteiger partial charge in [0.25, 0.3) is 0 Å². The largest absolute Gasteiger partial charge is 0.285 e. The quantitative estimate of drug-likeness (QED) is 0.646. The molecule has 1 aromatic rings. The number of nitriles is 2. The summed E-state index contributed by atoms with van der Waals surface area (Å²) < 4.78 is 0. The Hall–Kier alpha value is -3.19. The molecule has 0 radical (unpaired) electrons. The molecule has 7 heteroatoms. The van der Waals surface area contributed by atoms with E-state index in [9.17, 15) is 20.1 Å². The van der Waals surface area contributed by atoms with Gasteiger partial charge in [-0.15, -0.1) is 0 Å². The van der Waals surface area contributed by atoms with Gasteiger partial charge in [0.2, 0.25) is 17.4 Å². The minimum absolute atomic E-state index is 0.366. The van der Waals surface area contributed by atoms with Crippen molar-refractivity contribution in [3.63, 3.8) is 0 Å². The van der Waals surface area contributed by atoms with Crippen molar-refractivity contribution in [1.82, 2.24) is 9.91 Å². The van der Waals surface area contributed by atoms with Crippen molar-refractivity contribution in [2.75, 3.05) is 7.05 Å². The minimum atomic E-state index is -1.77. The minimum Gasteiger partial charge on any atom is -0.285 e. The number of nitrogens with zero attached hydrogens (tertiary/aromatic N) is 5. The number of likely N-dealkylation sites (tertiary alicyclic amines) is 1. The van der Waals surface area contributed by atoms with Gasteiger partial charge < -0.3 is 0 Å². The predicted octanol–water partition coefficient (Wildman–Crippen LogP) is 0.408. The maximum Gasteiger partial charge on any atom is 0.242 e. The second kappa shape index (κ2) is 4.17. The first kappa shape index (κ1) is 13.5. The van der Waals surface area contributed by atoms with E-state index in [4.69, 9.17) is 0 Å². The first-order chi connectivity index (χ1) is 11.1. The average molecular weight is 305 g/mol. The van der Waals surface area contributed by atoms with Gasteiger partial charge in [-0.05, 0) is 11.1 Å². The van der Waals surface area contributed by atoms with E-state index in [1.54, 1.807) is 6.21 Å². The van der Waals surface area contributed by atoms with E-state index in [2.05, 4.69) is 5.10 Å². The number of hydrogen-bond acceptors (Lipinski definition) is 6. The third kappa shape index (κ3) is 1.35. The maximum atomic E-state index is 12.6. The second-order valence-corrected chi connectivity index (χ2v) is 5.89. The van der Waals surface area contributed by atoms with Gasteiger partial charge >= 0.3 is 0 Å². The lowest BCUT2D eigenvalue weighted by atomic mass is 9.80. The summed E-state index contributed by atoms with van der Waals surface area (Å²) in [6.45, 7) is 0. The molecule has 2 fully saturated rings. The summed E-state index contributed by atoms with van der Waals surface area (Å²) in [5, 5.41) is 24.9. The number of hydrazone groups is 1. The lowest BCUT2D eigenvalue weighted by Crippen LogP contribution is -2.48. The molecule has 0 aromatic heterocycles. The van der Waals surface area contributed by atoms with E-state index in [-0.39, 0.29) is 5.91 Å². The van der Waals surface area contributed by atoms with Gasteiger partial charge in [-0.3, -0.25) is 19.5 Å². The Kier molecular flexibility index (Phi) is 2.44. The molecule has 1 aromatic carbocycles. The standard InChI is InChI=1S/C16H11N5O2/c1-20-14(22)11-12(15(20)23)16(7-17,8-18)21-13(11)10-5-3-2-4-9(10)6-19-21/h2-6,11-13H,1H3/t11-,12-,13-/m0/s1. The van der Waals surface area contributed by atoms with Gasteiger partial charge in [0, 0.05) is 7.05 Å². The first-order valence-corrected chi connectivity index (χ1v) is 7.13. The fraction of sp³-hybridized carbons (Fsp3) is 0.312. The topological polar surface area (TPSA) is 101 Å². The number of fused-ring (bicyclic) bond motifs is 5. The highest BCUT2D eigenvalue weighted by atomic mass is 16.2. The zero-order valence-corrected chi connectivity index (χ0v) is 12.2. The Labute approximate surface area is 132 Å². The Morgan fingerprint density at radius 3 is 2.57 bits per heavy atom. The van der Waals surface area contributed by atoms with Crippen molar-refractivity contribution in [3.05, 3.63) is 35.4 Å². The van der Waals surface area contributed by atoms with Gasteiger partial charge in [0.05, 0.1) is 18.2 Å². The van der Waals surface area contributed by atoms with Crippen molar-refractivity contribution in [3.8, 4) is 12.1 Å². The lowest BCUT2D eigenvalue weighted by Gasteiger charge is -2.34. The van der Waals surface area contributed by atoms with Gasteiger partial charge in [0.1, 0.15) is 18.1 Å². The fourth-order valence-corrected chi connectivity index (χ4v) is 3.88. The van der Waals surface area contributed by atoms with Gasteiger partial charge in [-0.1, -0.05) is 24.3 Å². The highest BCUT2D eigenvalue weighted by Crippen LogP contribution is 2.55. The molecule has 3 atom stereocenters. The lowest BCUT2D eigenvalue weighted by molar-refractivity contribution is -0.140. The van der Waals surface area contributed by atoms with Crippen molar-refractivity contribution in [2.45, 2.75) is 11.6 Å². The first-order valence-electron chi connectivity index (χ1n) is 7.13.